The molecule has 0 aliphatic heterocycles. The third-order valence-electron chi connectivity index (χ3n) is 3.28. The van der Waals surface area contributed by atoms with E-state index in [-0.39, 0.29) is 0 Å². The van der Waals surface area contributed by atoms with Gasteiger partial charge in [0.05, 0.1) is 3.79 Å². The SMILES string of the molecule is CC1(NCc2ccc(Br)s2)CCCCC1. The van der Waals surface area contributed by atoms with Gasteiger partial charge in [-0.1, -0.05) is 19.3 Å². The fourth-order valence-electron chi connectivity index (χ4n) is 2.26. The lowest BCUT2D eigenvalue weighted by molar-refractivity contribution is 0.253. The first-order valence-corrected chi connectivity index (χ1v) is 7.28. The molecule has 1 N–H and O–H groups in total. The summed E-state index contributed by atoms with van der Waals surface area (Å²) >= 11 is 5.33. The molecule has 0 saturated heterocycles. The molecule has 1 aliphatic carbocycles. The van der Waals surface area contributed by atoms with Crippen LogP contribution in [0.3, 0.4) is 0 Å². The molecule has 1 fully saturated rings. The molecule has 1 nitrogen and oxygen atoms in total. The molecule has 0 aromatic carbocycles. The monoisotopic (exact) mass is 287 g/mol. The lowest BCUT2D eigenvalue weighted by Crippen LogP contribution is -2.43. The van der Waals surface area contributed by atoms with E-state index in [0.717, 1.165) is 6.54 Å². The van der Waals surface area contributed by atoms with Gasteiger partial charge in [0, 0.05) is 17.0 Å². The van der Waals surface area contributed by atoms with Crippen LogP contribution in [-0.4, -0.2) is 5.54 Å². The van der Waals surface area contributed by atoms with E-state index >= 15 is 0 Å². The van der Waals surface area contributed by atoms with Gasteiger partial charge in [-0.25, -0.2) is 0 Å². The topological polar surface area (TPSA) is 12.0 Å². The van der Waals surface area contributed by atoms with Crippen LogP contribution in [0.25, 0.3) is 0 Å². The third kappa shape index (κ3) is 3.30. The summed E-state index contributed by atoms with van der Waals surface area (Å²) in [6, 6.07) is 4.33. The standard InChI is InChI=1S/C12H18BrNS/c1-12(7-3-2-4-8-12)14-9-10-5-6-11(13)15-10/h5-6,14H,2-4,7-9H2,1H3. The molecule has 1 heterocycles. The number of rotatable bonds is 3. The molecule has 0 radical (unpaired) electrons. The van der Waals surface area contributed by atoms with Crippen molar-refractivity contribution in [3.05, 3.63) is 20.8 Å². The number of halogens is 1. The Bertz CT molecular complexity index is 315. The van der Waals surface area contributed by atoms with Crippen LogP contribution in [0.5, 0.6) is 0 Å². The second kappa shape index (κ2) is 4.98. The molecule has 15 heavy (non-hydrogen) atoms. The van der Waals surface area contributed by atoms with Gasteiger partial charge < -0.3 is 5.32 Å². The highest BCUT2D eigenvalue weighted by Crippen LogP contribution is 2.29. The first-order chi connectivity index (χ1) is 7.18. The Kier molecular flexibility index (Phi) is 3.86. The Labute approximate surface area is 104 Å². The van der Waals surface area contributed by atoms with Crippen molar-refractivity contribution >= 4 is 27.3 Å². The molecular weight excluding hydrogens is 270 g/mol. The lowest BCUT2D eigenvalue weighted by atomic mass is 9.83. The van der Waals surface area contributed by atoms with Crippen LogP contribution < -0.4 is 5.32 Å². The summed E-state index contributed by atoms with van der Waals surface area (Å²) in [5.74, 6) is 0. The number of hydrogen-bond acceptors (Lipinski definition) is 2. The van der Waals surface area contributed by atoms with Crippen LogP contribution in [0.15, 0.2) is 15.9 Å². The predicted molar refractivity (Wildman–Crippen MR) is 70.3 cm³/mol. The molecule has 0 amide bonds. The third-order valence-corrected chi connectivity index (χ3v) is 4.90. The lowest BCUT2D eigenvalue weighted by Gasteiger charge is -2.34. The van der Waals surface area contributed by atoms with Crippen molar-refractivity contribution in [2.45, 2.75) is 51.1 Å². The van der Waals surface area contributed by atoms with E-state index in [0.29, 0.717) is 5.54 Å². The Balaban J connectivity index is 1.86. The number of thiophene rings is 1. The smallest absolute Gasteiger partial charge is 0.0701 e. The van der Waals surface area contributed by atoms with Gasteiger partial charge >= 0.3 is 0 Å². The van der Waals surface area contributed by atoms with Crippen LogP contribution in [0.1, 0.15) is 43.9 Å². The van der Waals surface area contributed by atoms with E-state index in [2.05, 4.69) is 40.3 Å². The van der Waals surface area contributed by atoms with Gasteiger partial charge in [-0.05, 0) is 47.8 Å². The average Bonchev–Trinajstić information content (AvgIpc) is 2.63. The molecular formula is C12H18BrNS. The molecule has 0 unspecified atom stereocenters. The van der Waals surface area contributed by atoms with Crippen molar-refractivity contribution in [3.8, 4) is 0 Å². The fraction of sp³-hybridized carbons (Fsp3) is 0.667. The maximum atomic E-state index is 3.72. The zero-order chi connectivity index (χ0) is 10.7. The highest BCUT2D eigenvalue weighted by atomic mass is 79.9. The number of hydrogen-bond donors (Lipinski definition) is 1. The summed E-state index contributed by atoms with van der Waals surface area (Å²) < 4.78 is 1.23. The summed E-state index contributed by atoms with van der Waals surface area (Å²) in [6.45, 7) is 3.39. The maximum absolute atomic E-state index is 3.72. The molecule has 1 aliphatic rings. The zero-order valence-electron chi connectivity index (χ0n) is 9.18. The zero-order valence-corrected chi connectivity index (χ0v) is 11.6. The largest absolute Gasteiger partial charge is 0.307 e. The Morgan fingerprint density at radius 1 is 1.33 bits per heavy atom. The van der Waals surface area contributed by atoms with Crippen LogP contribution in [-0.2, 0) is 6.54 Å². The fourth-order valence-corrected chi connectivity index (χ4v) is 3.68. The molecule has 84 valence electrons. The van der Waals surface area contributed by atoms with Crippen molar-refractivity contribution in [1.82, 2.24) is 5.32 Å². The molecule has 0 spiro atoms. The summed E-state index contributed by atoms with van der Waals surface area (Å²) in [5.41, 5.74) is 0.384. The minimum Gasteiger partial charge on any atom is -0.307 e. The Hall–Kier alpha value is 0.140. The van der Waals surface area contributed by atoms with Crippen molar-refractivity contribution < 1.29 is 0 Å². The van der Waals surface area contributed by atoms with Gasteiger partial charge in [0.2, 0.25) is 0 Å². The molecule has 0 bridgehead atoms. The van der Waals surface area contributed by atoms with E-state index in [1.54, 1.807) is 0 Å². The van der Waals surface area contributed by atoms with Crippen LogP contribution >= 0.6 is 27.3 Å². The predicted octanol–water partition coefficient (Wildman–Crippen LogP) is 4.32. The van der Waals surface area contributed by atoms with Gasteiger partial charge in [-0.15, -0.1) is 11.3 Å². The summed E-state index contributed by atoms with van der Waals surface area (Å²) in [4.78, 5) is 1.42. The molecule has 3 heteroatoms. The summed E-state index contributed by atoms with van der Waals surface area (Å²) in [6.07, 6.45) is 6.86. The second-order valence-electron chi connectivity index (χ2n) is 4.68. The molecule has 1 saturated carbocycles. The first kappa shape index (κ1) is 11.6. The molecule has 0 atom stereocenters. The van der Waals surface area contributed by atoms with E-state index in [1.807, 2.05) is 11.3 Å². The Morgan fingerprint density at radius 3 is 2.67 bits per heavy atom. The molecule has 1 aromatic rings. The van der Waals surface area contributed by atoms with E-state index in [4.69, 9.17) is 0 Å². The van der Waals surface area contributed by atoms with E-state index < -0.39 is 0 Å². The minimum atomic E-state index is 0.384. The highest BCUT2D eigenvalue weighted by molar-refractivity contribution is 9.11. The van der Waals surface area contributed by atoms with Crippen LogP contribution in [0, 0.1) is 0 Å². The van der Waals surface area contributed by atoms with Crippen molar-refractivity contribution in [2.24, 2.45) is 0 Å². The van der Waals surface area contributed by atoms with Gasteiger partial charge in [0.15, 0.2) is 0 Å². The van der Waals surface area contributed by atoms with Gasteiger partial charge in [-0.3, -0.25) is 0 Å². The first-order valence-electron chi connectivity index (χ1n) is 5.67. The van der Waals surface area contributed by atoms with Crippen molar-refractivity contribution in [3.63, 3.8) is 0 Å². The van der Waals surface area contributed by atoms with Crippen molar-refractivity contribution in [2.75, 3.05) is 0 Å². The van der Waals surface area contributed by atoms with Gasteiger partial charge in [0.25, 0.3) is 0 Å². The average molecular weight is 288 g/mol. The summed E-state index contributed by atoms with van der Waals surface area (Å²) in [7, 11) is 0. The van der Waals surface area contributed by atoms with Crippen LogP contribution in [0.4, 0.5) is 0 Å². The van der Waals surface area contributed by atoms with Gasteiger partial charge in [-0.2, -0.15) is 0 Å². The summed E-state index contributed by atoms with van der Waals surface area (Å²) in [5, 5.41) is 3.72. The van der Waals surface area contributed by atoms with E-state index in [1.165, 1.54) is 40.8 Å². The maximum Gasteiger partial charge on any atom is 0.0701 e. The second-order valence-corrected chi connectivity index (χ2v) is 7.23. The number of nitrogens with one attached hydrogen (secondary N) is 1. The normalized spacial score (nSPS) is 20.4. The Morgan fingerprint density at radius 2 is 2.07 bits per heavy atom. The highest BCUT2D eigenvalue weighted by Gasteiger charge is 2.25. The van der Waals surface area contributed by atoms with Gasteiger partial charge in [0.1, 0.15) is 0 Å². The minimum absolute atomic E-state index is 0.384. The van der Waals surface area contributed by atoms with Crippen molar-refractivity contribution in [1.29, 1.82) is 0 Å². The molecule has 1 aromatic heterocycles. The molecule has 2 rings (SSSR count). The van der Waals surface area contributed by atoms with Crippen LogP contribution in [0.2, 0.25) is 0 Å². The quantitative estimate of drug-likeness (QED) is 0.873. The van der Waals surface area contributed by atoms with E-state index in [9.17, 15) is 0 Å².